The van der Waals surface area contributed by atoms with Crippen molar-refractivity contribution in [2.45, 2.75) is 6.42 Å². The van der Waals surface area contributed by atoms with Crippen LogP contribution in [0.25, 0.3) is 0 Å². The van der Waals surface area contributed by atoms with Gasteiger partial charge in [0.2, 0.25) is 5.91 Å². The number of hydrogen-bond donors (Lipinski definition) is 2. The summed E-state index contributed by atoms with van der Waals surface area (Å²) in [4.78, 5) is 21.7. The zero-order chi connectivity index (χ0) is 15.9. The summed E-state index contributed by atoms with van der Waals surface area (Å²) >= 11 is 0. The van der Waals surface area contributed by atoms with Gasteiger partial charge in [-0.1, -0.05) is 30.3 Å². The smallest absolute Gasteiger partial charge is 0.311 e. The second-order valence-corrected chi connectivity index (χ2v) is 4.46. The average Bonchev–Trinajstić information content (AvgIpc) is 2.49. The number of hydrazone groups is 1. The van der Waals surface area contributed by atoms with Gasteiger partial charge in [0, 0.05) is 11.6 Å². The van der Waals surface area contributed by atoms with Gasteiger partial charge >= 0.3 is 5.69 Å². The number of aromatic hydroxyl groups is 1. The zero-order valence-corrected chi connectivity index (χ0v) is 11.5. The molecule has 0 aromatic heterocycles. The lowest BCUT2D eigenvalue weighted by molar-refractivity contribution is -0.385. The van der Waals surface area contributed by atoms with Crippen molar-refractivity contribution in [3.05, 3.63) is 69.8 Å². The van der Waals surface area contributed by atoms with Crippen LogP contribution in [0.2, 0.25) is 0 Å². The van der Waals surface area contributed by atoms with E-state index in [1.807, 2.05) is 30.3 Å². The van der Waals surface area contributed by atoms with Crippen molar-refractivity contribution in [3.8, 4) is 5.75 Å². The standard InChI is InChI=1S/C15H13N3O4/c19-14-7-6-12(8-13(14)18(21)22)10-16-17-15(20)9-11-4-2-1-3-5-11/h1-8,10,19H,9H2,(H,17,20). The van der Waals surface area contributed by atoms with Crippen LogP contribution in [-0.4, -0.2) is 22.2 Å². The molecule has 1 amide bonds. The lowest BCUT2D eigenvalue weighted by Crippen LogP contribution is -2.19. The van der Waals surface area contributed by atoms with E-state index in [0.717, 1.165) is 5.56 Å². The van der Waals surface area contributed by atoms with Crippen LogP contribution in [0, 0.1) is 10.1 Å². The largest absolute Gasteiger partial charge is 0.502 e. The van der Waals surface area contributed by atoms with Crippen molar-refractivity contribution in [1.82, 2.24) is 5.43 Å². The van der Waals surface area contributed by atoms with E-state index in [9.17, 15) is 20.0 Å². The minimum Gasteiger partial charge on any atom is -0.502 e. The Morgan fingerprint density at radius 1 is 1.27 bits per heavy atom. The number of hydrogen-bond acceptors (Lipinski definition) is 5. The number of amides is 1. The lowest BCUT2D eigenvalue weighted by atomic mass is 10.1. The third-order valence-electron chi connectivity index (χ3n) is 2.81. The molecule has 2 N–H and O–H groups in total. The maximum absolute atomic E-state index is 11.7. The molecule has 7 nitrogen and oxygen atoms in total. The van der Waals surface area contributed by atoms with Crippen LogP contribution >= 0.6 is 0 Å². The number of phenols is 1. The van der Waals surface area contributed by atoms with Crippen LogP contribution in [0.3, 0.4) is 0 Å². The van der Waals surface area contributed by atoms with Crippen LogP contribution in [0.4, 0.5) is 5.69 Å². The number of nitrogens with zero attached hydrogens (tertiary/aromatic N) is 2. The number of nitro benzene ring substituents is 1. The van der Waals surface area contributed by atoms with E-state index < -0.39 is 16.4 Å². The normalized spacial score (nSPS) is 10.5. The van der Waals surface area contributed by atoms with E-state index in [-0.39, 0.29) is 12.3 Å². The van der Waals surface area contributed by atoms with Gasteiger partial charge in [0.15, 0.2) is 5.75 Å². The van der Waals surface area contributed by atoms with Gasteiger partial charge in [-0.2, -0.15) is 5.10 Å². The molecule has 7 heteroatoms. The van der Waals surface area contributed by atoms with Crippen molar-refractivity contribution in [2.75, 3.05) is 0 Å². The number of carbonyl (C=O) groups is 1. The van der Waals surface area contributed by atoms with Crippen LogP contribution in [0.15, 0.2) is 53.6 Å². The van der Waals surface area contributed by atoms with Gasteiger partial charge < -0.3 is 5.11 Å². The first-order chi connectivity index (χ1) is 10.6. The molecule has 0 saturated carbocycles. The fourth-order valence-electron chi connectivity index (χ4n) is 1.77. The SMILES string of the molecule is O=C(Cc1ccccc1)NN=Cc1ccc(O)c([N+](=O)[O-])c1. The molecule has 0 radical (unpaired) electrons. The van der Waals surface area contributed by atoms with Gasteiger partial charge in [0.05, 0.1) is 17.6 Å². The van der Waals surface area contributed by atoms with Crippen molar-refractivity contribution in [2.24, 2.45) is 5.10 Å². The molecule has 2 aromatic carbocycles. The topological polar surface area (TPSA) is 105 Å². The second kappa shape index (κ2) is 6.98. The van der Waals surface area contributed by atoms with Gasteiger partial charge in [-0.25, -0.2) is 5.43 Å². The number of nitro groups is 1. The van der Waals surface area contributed by atoms with E-state index in [1.165, 1.54) is 24.4 Å². The third kappa shape index (κ3) is 4.14. The average molecular weight is 299 g/mol. The summed E-state index contributed by atoms with van der Waals surface area (Å²) < 4.78 is 0. The summed E-state index contributed by atoms with van der Waals surface area (Å²) in [7, 11) is 0. The van der Waals surface area contributed by atoms with Gasteiger partial charge in [0.25, 0.3) is 0 Å². The fraction of sp³-hybridized carbons (Fsp3) is 0.0667. The Kier molecular flexibility index (Phi) is 4.81. The summed E-state index contributed by atoms with van der Waals surface area (Å²) in [5.41, 5.74) is 3.17. The first-order valence-electron chi connectivity index (χ1n) is 6.39. The van der Waals surface area contributed by atoms with E-state index in [2.05, 4.69) is 10.5 Å². The van der Waals surface area contributed by atoms with Crippen LogP contribution in [0.1, 0.15) is 11.1 Å². The highest BCUT2D eigenvalue weighted by Crippen LogP contribution is 2.25. The monoisotopic (exact) mass is 299 g/mol. The Morgan fingerprint density at radius 2 is 2.00 bits per heavy atom. The van der Waals surface area contributed by atoms with E-state index >= 15 is 0 Å². The number of benzene rings is 2. The van der Waals surface area contributed by atoms with Crippen LogP contribution in [-0.2, 0) is 11.2 Å². The fourth-order valence-corrected chi connectivity index (χ4v) is 1.77. The molecule has 0 aliphatic carbocycles. The van der Waals surface area contributed by atoms with E-state index in [4.69, 9.17) is 0 Å². The maximum atomic E-state index is 11.7. The predicted molar refractivity (Wildman–Crippen MR) is 80.6 cm³/mol. The van der Waals surface area contributed by atoms with Crippen LogP contribution in [0.5, 0.6) is 5.75 Å². The number of phenolic OH excluding ortho intramolecular Hbond substituents is 1. The molecule has 22 heavy (non-hydrogen) atoms. The number of nitrogens with one attached hydrogen (secondary N) is 1. The predicted octanol–water partition coefficient (Wildman–Crippen LogP) is 1.99. The second-order valence-electron chi connectivity index (χ2n) is 4.46. The highest BCUT2D eigenvalue weighted by atomic mass is 16.6. The van der Waals surface area contributed by atoms with Crippen LogP contribution < -0.4 is 5.43 Å². The molecule has 0 spiro atoms. The van der Waals surface area contributed by atoms with Gasteiger partial charge in [-0.05, 0) is 17.7 Å². The Bertz CT molecular complexity index is 714. The number of rotatable bonds is 5. The van der Waals surface area contributed by atoms with Gasteiger partial charge in [-0.3, -0.25) is 14.9 Å². The molecule has 0 unspecified atom stereocenters. The quantitative estimate of drug-likeness (QED) is 0.500. The minimum absolute atomic E-state index is 0.188. The zero-order valence-electron chi connectivity index (χ0n) is 11.5. The summed E-state index contributed by atoms with van der Waals surface area (Å²) in [6, 6.07) is 13.0. The van der Waals surface area contributed by atoms with Crippen molar-refractivity contribution < 1.29 is 14.8 Å². The molecule has 112 valence electrons. The number of carbonyl (C=O) groups excluding carboxylic acids is 1. The molecule has 2 rings (SSSR count). The first kappa shape index (κ1) is 15.2. The van der Waals surface area contributed by atoms with Gasteiger partial charge in [0.1, 0.15) is 0 Å². The Balaban J connectivity index is 1.96. The lowest BCUT2D eigenvalue weighted by Gasteiger charge is -2.00. The molecule has 0 fully saturated rings. The highest BCUT2D eigenvalue weighted by molar-refractivity contribution is 5.84. The van der Waals surface area contributed by atoms with Crippen molar-refractivity contribution in [3.63, 3.8) is 0 Å². The molecular weight excluding hydrogens is 286 g/mol. The van der Waals surface area contributed by atoms with E-state index in [0.29, 0.717) is 5.56 Å². The third-order valence-corrected chi connectivity index (χ3v) is 2.81. The van der Waals surface area contributed by atoms with Crippen molar-refractivity contribution >= 4 is 17.8 Å². The molecule has 0 aliphatic heterocycles. The summed E-state index contributed by atoms with van der Waals surface area (Å²) in [5, 5.41) is 23.8. The minimum atomic E-state index is -0.694. The molecule has 0 heterocycles. The maximum Gasteiger partial charge on any atom is 0.311 e. The Morgan fingerprint density at radius 3 is 2.68 bits per heavy atom. The van der Waals surface area contributed by atoms with Crippen molar-refractivity contribution in [1.29, 1.82) is 0 Å². The summed E-state index contributed by atoms with van der Waals surface area (Å²) in [6.07, 6.45) is 1.46. The molecule has 0 atom stereocenters. The molecule has 0 aliphatic rings. The molecular formula is C15H13N3O4. The first-order valence-corrected chi connectivity index (χ1v) is 6.39. The Hall–Kier alpha value is -3.22. The molecule has 0 bridgehead atoms. The summed E-state index contributed by atoms with van der Waals surface area (Å²) in [5.74, 6) is -0.717. The van der Waals surface area contributed by atoms with E-state index in [1.54, 1.807) is 0 Å². The molecule has 0 saturated heterocycles. The molecule has 2 aromatic rings. The highest BCUT2D eigenvalue weighted by Gasteiger charge is 2.12. The summed E-state index contributed by atoms with van der Waals surface area (Å²) in [6.45, 7) is 0. The Labute approximate surface area is 126 Å². The van der Waals surface area contributed by atoms with Gasteiger partial charge in [-0.15, -0.1) is 0 Å².